The maximum Gasteiger partial charge on any atom is 0.164 e. The molecule has 1 unspecified atom stereocenters. The molecule has 0 aromatic carbocycles. The Labute approximate surface area is 129 Å². The molecule has 0 saturated heterocycles. The monoisotopic (exact) mass is 290 g/mol. The Morgan fingerprint density at radius 1 is 1.23 bits per heavy atom. The van der Waals surface area contributed by atoms with Crippen LogP contribution in [0.1, 0.15) is 31.0 Å². The third kappa shape index (κ3) is 2.21. The summed E-state index contributed by atoms with van der Waals surface area (Å²) < 4.78 is 1.85. The first-order valence-corrected chi connectivity index (χ1v) is 7.64. The summed E-state index contributed by atoms with van der Waals surface area (Å²) in [6, 6.07) is 1.98. The van der Waals surface area contributed by atoms with E-state index in [2.05, 4.69) is 47.4 Å². The first kappa shape index (κ1) is 13.2. The number of nitrogens with zero attached hydrogens (tertiary/aromatic N) is 4. The molecule has 2 aromatic heterocycles. The van der Waals surface area contributed by atoms with Crippen molar-refractivity contribution in [2.75, 3.05) is 0 Å². The smallest absolute Gasteiger partial charge is 0.164 e. The first-order valence-electron chi connectivity index (χ1n) is 7.64. The van der Waals surface area contributed by atoms with E-state index in [-0.39, 0.29) is 0 Å². The van der Waals surface area contributed by atoms with Crippen LogP contribution >= 0.6 is 0 Å². The molecule has 4 rings (SSSR count). The van der Waals surface area contributed by atoms with Gasteiger partial charge in [0.2, 0.25) is 0 Å². The number of hydrogen-bond donors (Lipinski definition) is 0. The zero-order valence-corrected chi connectivity index (χ0v) is 12.8. The summed E-state index contributed by atoms with van der Waals surface area (Å²) in [6.45, 7) is 4.07. The van der Waals surface area contributed by atoms with E-state index in [1.165, 1.54) is 5.57 Å². The van der Waals surface area contributed by atoms with Crippen LogP contribution in [-0.4, -0.2) is 20.3 Å². The highest BCUT2D eigenvalue weighted by atomic mass is 15.3. The highest BCUT2D eigenvalue weighted by molar-refractivity contribution is 5.90. The maximum atomic E-state index is 4.81. The molecule has 2 aromatic rings. The van der Waals surface area contributed by atoms with Gasteiger partial charge >= 0.3 is 0 Å². The summed E-state index contributed by atoms with van der Waals surface area (Å²) in [7, 11) is 0. The van der Waals surface area contributed by atoms with Gasteiger partial charge in [-0.25, -0.2) is 9.98 Å². The minimum Gasteiger partial charge on any atom is -0.237 e. The maximum absolute atomic E-state index is 4.81. The zero-order chi connectivity index (χ0) is 15.1. The van der Waals surface area contributed by atoms with Gasteiger partial charge in [0, 0.05) is 35.9 Å². The van der Waals surface area contributed by atoms with E-state index in [0.717, 1.165) is 41.3 Å². The number of allylic oxidation sites excluding steroid dienone is 5. The summed E-state index contributed by atoms with van der Waals surface area (Å²) in [5.41, 5.74) is 5.37. The summed E-state index contributed by atoms with van der Waals surface area (Å²) in [6.07, 6.45) is 14.9. The molecule has 1 aliphatic heterocycles. The first-order chi connectivity index (χ1) is 10.7. The summed E-state index contributed by atoms with van der Waals surface area (Å²) in [5, 5.41) is 4.53. The number of aliphatic imine (C=N–C) groups is 1. The van der Waals surface area contributed by atoms with Crippen molar-refractivity contribution in [3.8, 4) is 0 Å². The van der Waals surface area contributed by atoms with Gasteiger partial charge in [-0.1, -0.05) is 29.9 Å². The van der Waals surface area contributed by atoms with E-state index in [1.807, 2.05) is 23.7 Å². The standard InChI is InChI=1S/C18H18N4/c1-12-8-15(14-6-4-3-5-7-14)10-16-11-19-17-9-13(2)21-22(17)18(16)20-12/h3-6,9-11,14H,7-8H2,1-2H3. The molecular weight excluding hydrogens is 272 g/mol. The predicted molar refractivity (Wildman–Crippen MR) is 89.5 cm³/mol. The lowest BCUT2D eigenvalue weighted by Crippen LogP contribution is -2.05. The fourth-order valence-corrected chi connectivity index (χ4v) is 3.12. The van der Waals surface area contributed by atoms with E-state index < -0.39 is 0 Å². The van der Waals surface area contributed by atoms with Gasteiger partial charge in [0.05, 0.1) is 5.69 Å². The number of aryl methyl sites for hydroxylation is 1. The van der Waals surface area contributed by atoms with Crippen molar-refractivity contribution in [2.24, 2.45) is 10.9 Å². The zero-order valence-electron chi connectivity index (χ0n) is 12.8. The molecule has 0 N–H and O–H groups in total. The Hall–Kier alpha value is -2.49. The second-order valence-corrected chi connectivity index (χ2v) is 5.99. The van der Waals surface area contributed by atoms with Crippen LogP contribution in [-0.2, 0) is 0 Å². The lowest BCUT2D eigenvalue weighted by atomic mass is 9.88. The van der Waals surface area contributed by atoms with Crippen molar-refractivity contribution < 1.29 is 0 Å². The van der Waals surface area contributed by atoms with Crippen molar-refractivity contribution in [3.63, 3.8) is 0 Å². The van der Waals surface area contributed by atoms with E-state index in [4.69, 9.17) is 4.99 Å². The third-order valence-corrected chi connectivity index (χ3v) is 4.16. The van der Waals surface area contributed by atoms with Crippen LogP contribution in [0.25, 0.3) is 11.7 Å². The van der Waals surface area contributed by atoms with Gasteiger partial charge in [-0.15, -0.1) is 0 Å². The van der Waals surface area contributed by atoms with Crippen LogP contribution in [0.5, 0.6) is 0 Å². The van der Waals surface area contributed by atoms with Gasteiger partial charge < -0.3 is 0 Å². The van der Waals surface area contributed by atoms with Crippen molar-refractivity contribution in [1.82, 2.24) is 14.6 Å². The molecule has 1 aliphatic carbocycles. The number of rotatable bonds is 1. The Bertz CT molecular complexity index is 865. The lowest BCUT2D eigenvalue weighted by molar-refractivity contribution is 0.759. The quantitative estimate of drug-likeness (QED) is 0.795. The van der Waals surface area contributed by atoms with Crippen molar-refractivity contribution >= 4 is 23.3 Å². The molecule has 0 radical (unpaired) electrons. The van der Waals surface area contributed by atoms with Crippen LogP contribution in [0.2, 0.25) is 0 Å². The molecule has 0 spiro atoms. The molecule has 0 fully saturated rings. The molecule has 3 heterocycles. The number of hydrogen-bond acceptors (Lipinski definition) is 3. The largest absolute Gasteiger partial charge is 0.237 e. The average Bonchev–Trinajstić information content (AvgIpc) is 2.81. The molecule has 0 amide bonds. The summed E-state index contributed by atoms with van der Waals surface area (Å²) >= 11 is 0. The molecule has 110 valence electrons. The van der Waals surface area contributed by atoms with Crippen molar-refractivity contribution in [2.45, 2.75) is 26.7 Å². The van der Waals surface area contributed by atoms with Crippen LogP contribution in [0.15, 0.2) is 47.1 Å². The Morgan fingerprint density at radius 3 is 2.95 bits per heavy atom. The number of aromatic nitrogens is 3. The van der Waals surface area contributed by atoms with Gasteiger partial charge in [-0.05, 0) is 26.3 Å². The van der Waals surface area contributed by atoms with Gasteiger partial charge in [0.25, 0.3) is 0 Å². The normalized spacial score (nSPS) is 20.5. The molecule has 22 heavy (non-hydrogen) atoms. The predicted octanol–water partition coefficient (Wildman–Crippen LogP) is 4.05. The fraction of sp³-hybridized carbons (Fsp3) is 0.278. The van der Waals surface area contributed by atoms with Crippen LogP contribution in [0.3, 0.4) is 0 Å². The molecule has 0 bridgehead atoms. The van der Waals surface area contributed by atoms with Crippen molar-refractivity contribution in [3.05, 3.63) is 53.4 Å². The fourth-order valence-electron chi connectivity index (χ4n) is 3.12. The average molecular weight is 290 g/mol. The van der Waals surface area contributed by atoms with Gasteiger partial charge in [0.15, 0.2) is 11.5 Å². The van der Waals surface area contributed by atoms with Gasteiger partial charge in [-0.2, -0.15) is 9.61 Å². The van der Waals surface area contributed by atoms with Crippen LogP contribution in [0.4, 0.5) is 5.82 Å². The Balaban J connectivity index is 1.88. The number of fused-ring (bicyclic) bond motifs is 3. The van der Waals surface area contributed by atoms with Crippen LogP contribution in [0, 0.1) is 12.8 Å². The topological polar surface area (TPSA) is 42.5 Å². The molecule has 0 saturated carbocycles. The van der Waals surface area contributed by atoms with E-state index in [9.17, 15) is 0 Å². The highest BCUT2D eigenvalue weighted by Crippen LogP contribution is 2.32. The molecule has 2 aliphatic rings. The van der Waals surface area contributed by atoms with E-state index >= 15 is 0 Å². The molecular formula is C18H18N4. The van der Waals surface area contributed by atoms with Crippen LogP contribution < -0.4 is 0 Å². The summed E-state index contributed by atoms with van der Waals surface area (Å²) in [4.78, 5) is 9.33. The van der Waals surface area contributed by atoms with Crippen molar-refractivity contribution in [1.29, 1.82) is 0 Å². The van der Waals surface area contributed by atoms with Gasteiger partial charge in [0.1, 0.15) is 0 Å². The van der Waals surface area contributed by atoms with Gasteiger partial charge in [-0.3, -0.25) is 0 Å². The van der Waals surface area contributed by atoms with E-state index in [1.54, 1.807) is 0 Å². The second kappa shape index (κ2) is 5.05. The Kier molecular flexibility index (Phi) is 3.03. The van der Waals surface area contributed by atoms with E-state index in [0.29, 0.717) is 5.92 Å². The minimum absolute atomic E-state index is 0.455. The molecule has 1 atom stereocenters. The lowest BCUT2D eigenvalue weighted by Gasteiger charge is -2.16. The SMILES string of the molecule is CC1=Nc2c(cnc3cc(C)nn23)C=C(C2C=CC=CC2)C1. The summed E-state index contributed by atoms with van der Waals surface area (Å²) in [5.74, 6) is 1.34. The molecule has 4 nitrogen and oxygen atoms in total. The minimum atomic E-state index is 0.455. The highest BCUT2D eigenvalue weighted by Gasteiger charge is 2.18. The third-order valence-electron chi connectivity index (χ3n) is 4.16. The second-order valence-electron chi connectivity index (χ2n) is 5.99. The molecule has 4 heteroatoms. The Morgan fingerprint density at radius 2 is 2.14 bits per heavy atom.